The number of amides is 1. The SMILES string of the molecule is Cl.Cl.O=C(CC1CCCN1)NCc1ccc(N2CCCC2)nc1. The molecule has 3 rings (SSSR count). The number of aromatic nitrogens is 1. The quantitative estimate of drug-likeness (QED) is 0.845. The third-order valence-electron chi connectivity index (χ3n) is 4.32. The van der Waals surface area contributed by atoms with Crippen LogP contribution in [0.3, 0.4) is 0 Å². The van der Waals surface area contributed by atoms with Gasteiger partial charge in [0, 0.05) is 38.3 Å². The molecule has 5 nitrogen and oxygen atoms in total. The Kier molecular flexibility index (Phi) is 8.66. The zero-order chi connectivity index (χ0) is 14.5. The smallest absolute Gasteiger partial charge is 0.221 e. The van der Waals surface area contributed by atoms with Gasteiger partial charge in [0.25, 0.3) is 0 Å². The van der Waals surface area contributed by atoms with E-state index in [-0.39, 0.29) is 30.7 Å². The van der Waals surface area contributed by atoms with E-state index < -0.39 is 0 Å². The van der Waals surface area contributed by atoms with Gasteiger partial charge in [-0.2, -0.15) is 0 Å². The monoisotopic (exact) mass is 360 g/mol. The zero-order valence-electron chi connectivity index (χ0n) is 13.3. The van der Waals surface area contributed by atoms with Crippen molar-refractivity contribution in [3.05, 3.63) is 23.9 Å². The fourth-order valence-corrected chi connectivity index (χ4v) is 3.08. The van der Waals surface area contributed by atoms with Gasteiger partial charge in [0.2, 0.25) is 5.91 Å². The number of hydrogen-bond donors (Lipinski definition) is 2. The second-order valence-electron chi connectivity index (χ2n) is 5.99. The minimum atomic E-state index is 0. The van der Waals surface area contributed by atoms with Gasteiger partial charge in [0.05, 0.1) is 0 Å². The van der Waals surface area contributed by atoms with Crippen LogP contribution in [0.4, 0.5) is 5.82 Å². The van der Waals surface area contributed by atoms with Crippen LogP contribution in [0, 0.1) is 0 Å². The number of pyridine rings is 1. The summed E-state index contributed by atoms with van der Waals surface area (Å²) in [4.78, 5) is 18.7. The molecule has 2 fully saturated rings. The predicted octanol–water partition coefficient (Wildman–Crippen LogP) is 2.28. The second kappa shape index (κ2) is 9.96. The molecule has 2 N–H and O–H groups in total. The molecular formula is C16H26Cl2N4O. The molecule has 0 radical (unpaired) electrons. The largest absolute Gasteiger partial charge is 0.357 e. The molecule has 1 unspecified atom stereocenters. The number of rotatable bonds is 5. The summed E-state index contributed by atoms with van der Waals surface area (Å²) < 4.78 is 0. The molecule has 2 aliphatic heterocycles. The van der Waals surface area contributed by atoms with Gasteiger partial charge in [-0.1, -0.05) is 6.07 Å². The molecular weight excluding hydrogens is 335 g/mol. The Labute approximate surface area is 150 Å². The Morgan fingerprint density at radius 2 is 2.04 bits per heavy atom. The van der Waals surface area contributed by atoms with E-state index in [2.05, 4.69) is 32.7 Å². The first-order valence-corrected chi connectivity index (χ1v) is 8.01. The molecule has 0 saturated carbocycles. The molecule has 3 heterocycles. The fourth-order valence-electron chi connectivity index (χ4n) is 3.08. The summed E-state index contributed by atoms with van der Waals surface area (Å²) in [5.41, 5.74) is 1.06. The van der Waals surface area contributed by atoms with Crippen LogP contribution >= 0.6 is 24.8 Å². The highest BCUT2D eigenvalue weighted by Gasteiger charge is 2.17. The highest BCUT2D eigenvalue weighted by molar-refractivity contribution is 5.85. The van der Waals surface area contributed by atoms with E-state index in [1.807, 2.05) is 6.20 Å². The minimum absolute atomic E-state index is 0. The first-order chi connectivity index (χ1) is 10.3. The Balaban J connectivity index is 0.00000132. The Bertz CT molecular complexity index is 471. The standard InChI is InChI=1S/C16H24N4O.2ClH/c21-16(10-14-4-3-7-17-14)19-12-13-5-6-15(18-11-13)20-8-1-2-9-20;;/h5-6,11,14,17H,1-4,7-10,12H2,(H,19,21);2*1H. The molecule has 1 atom stereocenters. The molecule has 2 saturated heterocycles. The van der Waals surface area contributed by atoms with Crippen molar-refractivity contribution in [3.63, 3.8) is 0 Å². The average Bonchev–Trinajstić information content (AvgIpc) is 3.19. The number of carbonyl (C=O) groups is 1. The molecule has 1 amide bonds. The number of nitrogens with zero attached hydrogens (tertiary/aromatic N) is 2. The van der Waals surface area contributed by atoms with E-state index in [0.717, 1.165) is 37.4 Å². The molecule has 0 bridgehead atoms. The van der Waals surface area contributed by atoms with E-state index in [9.17, 15) is 4.79 Å². The predicted molar refractivity (Wildman–Crippen MR) is 97.7 cm³/mol. The van der Waals surface area contributed by atoms with E-state index in [1.54, 1.807) is 0 Å². The molecule has 0 aromatic carbocycles. The van der Waals surface area contributed by atoms with Crippen molar-refractivity contribution in [2.75, 3.05) is 24.5 Å². The van der Waals surface area contributed by atoms with Gasteiger partial charge < -0.3 is 15.5 Å². The molecule has 130 valence electrons. The molecule has 1 aromatic heterocycles. The van der Waals surface area contributed by atoms with E-state index >= 15 is 0 Å². The topological polar surface area (TPSA) is 57.3 Å². The van der Waals surface area contributed by atoms with Gasteiger partial charge in [-0.25, -0.2) is 4.98 Å². The highest BCUT2D eigenvalue weighted by atomic mass is 35.5. The maximum Gasteiger partial charge on any atom is 0.221 e. The fraction of sp³-hybridized carbons (Fsp3) is 0.625. The van der Waals surface area contributed by atoms with Gasteiger partial charge in [0.1, 0.15) is 5.82 Å². The van der Waals surface area contributed by atoms with E-state index in [1.165, 1.54) is 19.3 Å². The lowest BCUT2D eigenvalue weighted by Crippen LogP contribution is -2.31. The van der Waals surface area contributed by atoms with E-state index in [4.69, 9.17) is 0 Å². The minimum Gasteiger partial charge on any atom is -0.357 e. The third kappa shape index (κ3) is 5.83. The van der Waals surface area contributed by atoms with Crippen LogP contribution in [-0.2, 0) is 11.3 Å². The highest BCUT2D eigenvalue weighted by Crippen LogP contribution is 2.17. The molecule has 23 heavy (non-hydrogen) atoms. The molecule has 0 aliphatic carbocycles. The first-order valence-electron chi connectivity index (χ1n) is 8.01. The lowest BCUT2D eigenvalue weighted by atomic mass is 10.1. The van der Waals surface area contributed by atoms with Crippen LogP contribution in [0.15, 0.2) is 18.3 Å². The average molecular weight is 361 g/mol. The third-order valence-corrected chi connectivity index (χ3v) is 4.32. The number of nitrogens with one attached hydrogen (secondary N) is 2. The Morgan fingerprint density at radius 3 is 2.65 bits per heavy atom. The number of anilines is 1. The zero-order valence-corrected chi connectivity index (χ0v) is 14.9. The van der Waals surface area contributed by atoms with Gasteiger partial charge in [-0.3, -0.25) is 4.79 Å². The van der Waals surface area contributed by atoms with Gasteiger partial charge in [0.15, 0.2) is 0 Å². The molecule has 1 aromatic rings. The molecule has 0 spiro atoms. The van der Waals surface area contributed by atoms with Crippen molar-refractivity contribution in [2.45, 2.75) is 44.7 Å². The summed E-state index contributed by atoms with van der Waals surface area (Å²) in [5.74, 6) is 1.18. The van der Waals surface area contributed by atoms with Crippen molar-refractivity contribution < 1.29 is 4.79 Å². The summed E-state index contributed by atoms with van der Waals surface area (Å²) in [6, 6.07) is 4.49. The Morgan fingerprint density at radius 1 is 1.26 bits per heavy atom. The maximum atomic E-state index is 11.9. The summed E-state index contributed by atoms with van der Waals surface area (Å²) in [5, 5.41) is 6.33. The van der Waals surface area contributed by atoms with Crippen LogP contribution < -0.4 is 15.5 Å². The normalized spacial score (nSPS) is 19.8. The van der Waals surface area contributed by atoms with Gasteiger partial charge >= 0.3 is 0 Å². The van der Waals surface area contributed by atoms with E-state index in [0.29, 0.717) is 19.0 Å². The summed E-state index contributed by atoms with van der Waals surface area (Å²) >= 11 is 0. The number of carbonyl (C=O) groups excluding carboxylic acids is 1. The van der Waals surface area contributed by atoms with Crippen LogP contribution in [0.5, 0.6) is 0 Å². The van der Waals surface area contributed by atoms with Crippen molar-refractivity contribution >= 4 is 36.5 Å². The molecule has 2 aliphatic rings. The van der Waals surface area contributed by atoms with Crippen molar-refractivity contribution in [3.8, 4) is 0 Å². The number of halogens is 2. The van der Waals surface area contributed by atoms with Crippen LogP contribution in [0.1, 0.15) is 37.7 Å². The second-order valence-corrected chi connectivity index (χ2v) is 5.99. The summed E-state index contributed by atoms with van der Waals surface area (Å²) in [6.45, 7) is 3.83. The van der Waals surface area contributed by atoms with Crippen molar-refractivity contribution in [2.24, 2.45) is 0 Å². The van der Waals surface area contributed by atoms with Crippen LogP contribution in [0.25, 0.3) is 0 Å². The Hall–Kier alpha value is -1.04. The van der Waals surface area contributed by atoms with Gasteiger partial charge in [-0.15, -0.1) is 24.8 Å². The first kappa shape index (κ1) is 20.0. The van der Waals surface area contributed by atoms with Gasteiger partial charge in [-0.05, 0) is 43.9 Å². The van der Waals surface area contributed by atoms with Crippen molar-refractivity contribution in [1.82, 2.24) is 15.6 Å². The number of hydrogen-bond acceptors (Lipinski definition) is 4. The van der Waals surface area contributed by atoms with Crippen LogP contribution in [-0.4, -0.2) is 36.6 Å². The lowest BCUT2D eigenvalue weighted by Gasteiger charge is -2.16. The molecule has 7 heteroatoms. The summed E-state index contributed by atoms with van der Waals surface area (Å²) in [6.07, 6.45) is 7.27. The lowest BCUT2D eigenvalue weighted by molar-refractivity contribution is -0.121. The summed E-state index contributed by atoms with van der Waals surface area (Å²) in [7, 11) is 0. The van der Waals surface area contributed by atoms with Crippen LogP contribution in [0.2, 0.25) is 0 Å². The maximum absolute atomic E-state index is 11.9. The van der Waals surface area contributed by atoms with Crippen molar-refractivity contribution in [1.29, 1.82) is 0 Å².